The molecule has 0 unspecified atom stereocenters. The predicted octanol–water partition coefficient (Wildman–Crippen LogP) is 3.94. The van der Waals surface area contributed by atoms with Crippen LogP contribution < -0.4 is 10.0 Å². The largest absolute Gasteiger partial charge is 0.298 e. The Labute approximate surface area is 183 Å². The second kappa shape index (κ2) is 9.17. The summed E-state index contributed by atoms with van der Waals surface area (Å²) in [6.07, 6.45) is 3.37. The van der Waals surface area contributed by atoms with Crippen molar-refractivity contribution in [2.75, 3.05) is 5.32 Å². The van der Waals surface area contributed by atoms with Gasteiger partial charge in [0.15, 0.2) is 5.13 Å². The zero-order valence-corrected chi connectivity index (χ0v) is 17.9. The Bertz CT molecular complexity index is 1290. The molecule has 2 heterocycles. The van der Waals surface area contributed by atoms with Gasteiger partial charge >= 0.3 is 0 Å². The summed E-state index contributed by atoms with van der Waals surface area (Å²) in [6, 6.07) is 18.8. The number of nitrogens with zero attached hydrogens (tertiary/aromatic N) is 2. The fourth-order valence-electron chi connectivity index (χ4n) is 2.81. The highest BCUT2D eigenvalue weighted by Crippen LogP contribution is 2.24. The van der Waals surface area contributed by atoms with E-state index in [2.05, 4.69) is 20.0 Å². The Hall–Kier alpha value is -3.40. The molecule has 0 aliphatic rings. The van der Waals surface area contributed by atoms with Crippen molar-refractivity contribution in [3.8, 4) is 11.3 Å². The van der Waals surface area contributed by atoms with E-state index in [-0.39, 0.29) is 17.0 Å². The highest BCUT2D eigenvalue weighted by molar-refractivity contribution is 7.89. The minimum absolute atomic E-state index is 0.0197. The summed E-state index contributed by atoms with van der Waals surface area (Å²) in [6.45, 7) is 0.163. The van der Waals surface area contributed by atoms with Gasteiger partial charge in [-0.2, -0.15) is 0 Å². The molecule has 0 saturated heterocycles. The van der Waals surface area contributed by atoms with E-state index in [1.165, 1.54) is 29.5 Å². The van der Waals surface area contributed by atoms with Gasteiger partial charge in [0, 0.05) is 35.4 Å². The van der Waals surface area contributed by atoms with Crippen molar-refractivity contribution < 1.29 is 13.2 Å². The molecule has 31 heavy (non-hydrogen) atoms. The summed E-state index contributed by atoms with van der Waals surface area (Å²) in [5.41, 5.74) is 2.61. The number of hydrogen-bond donors (Lipinski definition) is 2. The van der Waals surface area contributed by atoms with E-state index in [9.17, 15) is 13.2 Å². The van der Waals surface area contributed by atoms with Gasteiger partial charge in [-0.15, -0.1) is 11.3 Å². The number of aromatic nitrogens is 2. The van der Waals surface area contributed by atoms with Crippen LogP contribution in [-0.2, 0) is 16.6 Å². The number of carbonyl (C=O) groups excluding carboxylic acids is 1. The number of nitrogens with one attached hydrogen (secondary N) is 2. The third-order valence-electron chi connectivity index (χ3n) is 4.40. The summed E-state index contributed by atoms with van der Waals surface area (Å²) in [7, 11) is -3.77. The Balaban J connectivity index is 1.46. The molecular formula is C22H18N4O3S2. The molecule has 9 heteroatoms. The first kappa shape index (κ1) is 20.9. The Morgan fingerprint density at radius 1 is 1.00 bits per heavy atom. The van der Waals surface area contributed by atoms with E-state index in [1.807, 2.05) is 47.8 Å². The SMILES string of the molecule is O=C(Nc1nc(-c2cccnc2)cs1)c1cccc(S(=O)(=O)NCc2ccccc2)c1. The number of hydrogen-bond acceptors (Lipinski definition) is 6. The third kappa shape index (κ3) is 5.21. The molecule has 0 bridgehead atoms. The van der Waals surface area contributed by atoms with Gasteiger partial charge in [0.25, 0.3) is 5.91 Å². The average molecular weight is 451 g/mol. The van der Waals surface area contributed by atoms with Crippen molar-refractivity contribution >= 4 is 32.4 Å². The highest BCUT2D eigenvalue weighted by Gasteiger charge is 2.17. The van der Waals surface area contributed by atoms with Crippen LogP contribution in [0.4, 0.5) is 5.13 Å². The fraction of sp³-hybridized carbons (Fsp3) is 0.0455. The van der Waals surface area contributed by atoms with Crippen molar-refractivity contribution in [2.45, 2.75) is 11.4 Å². The number of rotatable bonds is 7. The van der Waals surface area contributed by atoms with Crippen LogP contribution >= 0.6 is 11.3 Å². The topological polar surface area (TPSA) is 101 Å². The summed E-state index contributed by atoms with van der Waals surface area (Å²) < 4.78 is 27.8. The monoisotopic (exact) mass is 450 g/mol. The number of anilines is 1. The van der Waals surface area contributed by atoms with Gasteiger partial charge in [-0.05, 0) is 35.9 Å². The zero-order valence-electron chi connectivity index (χ0n) is 16.2. The van der Waals surface area contributed by atoms with Crippen LogP contribution in [0.3, 0.4) is 0 Å². The van der Waals surface area contributed by atoms with Gasteiger partial charge in [0.05, 0.1) is 10.6 Å². The van der Waals surface area contributed by atoms with E-state index in [1.54, 1.807) is 18.5 Å². The number of amides is 1. The molecule has 1 amide bonds. The molecule has 2 aromatic heterocycles. The summed E-state index contributed by atoms with van der Waals surface area (Å²) in [5.74, 6) is -0.438. The lowest BCUT2D eigenvalue weighted by Crippen LogP contribution is -2.23. The molecule has 0 aliphatic heterocycles. The smallest absolute Gasteiger partial charge is 0.257 e. The molecule has 0 saturated carbocycles. The lowest BCUT2D eigenvalue weighted by molar-refractivity contribution is 0.102. The number of benzene rings is 2. The van der Waals surface area contributed by atoms with Crippen molar-refractivity contribution in [1.29, 1.82) is 0 Å². The van der Waals surface area contributed by atoms with Crippen molar-refractivity contribution in [2.24, 2.45) is 0 Å². The molecule has 4 aromatic rings. The lowest BCUT2D eigenvalue weighted by Gasteiger charge is -2.08. The molecule has 0 spiro atoms. The van der Waals surface area contributed by atoms with Gasteiger partial charge < -0.3 is 0 Å². The van der Waals surface area contributed by atoms with Crippen LogP contribution in [0, 0.1) is 0 Å². The number of carbonyl (C=O) groups is 1. The maximum absolute atomic E-state index is 12.6. The first-order valence-corrected chi connectivity index (χ1v) is 11.7. The minimum Gasteiger partial charge on any atom is -0.298 e. The van der Waals surface area contributed by atoms with Crippen LogP contribution in [0.15, 0.2) is 89.4 Å². The highest BCUT2D eigenvalue weighted by atomic mass is 32.2. The molecule has 0 atom stereocenters. The van der Waals surface area contributed by atoms with Crippen LogP contribution in [-0.4, -0.2) is 24.3 Å². The number of thiazole rings is 1. The Morgan fingerprint density at radius 3 is 2.61 bits per heavy atom. The van der Waals surface area contributed by atoms with Gasteiger partial charge in [0.2, 0.25) is 10.0 Å². The van der Waals surface area contributed by atoms with E-state index in [0.717, 1.165) is 11.1 Å². The molecule has 2 N–H and O–H groups in total. The Morgan fingerprint density at radius 2 is 1.84 bits per heavy atom. The summed E-state index contributed by atoms with van der Waals surface area (Å²) in [5, 5.41) is 4.95. The first-order valence-electron chi connectivity index (χ1n) is 9.32. The molecular weight excluding hydrogens is 432 g/mol. The summed E-state index contributed by atoms with van der Waals surface area (Å²) in [4.78, 5) is 21.1. The molecule has 0 fully saturated rings. The van der Waals surface area contributed by atoms with Crippen LogP contribution in [0.2, 0.25) is 0 Å². The zero-order chi connectivity index (χ0) is 21.7. The van der Waals surface area contributed by atoms with Crippen LogP contribution in [0.1, 0.15) is 15.9 Å². The molecule has 156 valence electrons. The number of pyridine rings is 1. The van der Waals surface area contributed by atoms with E-state index in [4.69, 9.17) is 0 Å². The van der Waals surface area contributed by atoms with Crippen molar-refractivity contribution in [3.05, 3.63) is 95.6 Å². The van der Waals surface area contributed by atoms with Gasteiger partial charge in [-0.1, -0.05) is 36.4 Å². The van der Waals surface area contributed by atoms with Crippen LogP contribution in [0.5, 0.6) is 0 Å². The lowest BCUT2D eigenvalue weighted by atomic mass is 10.2. The van der Waals surface area contributed by atoms with E-state index >= 15 is 0 Å². The Kier molecular flexibility index (Phi) is 6.17. The first-order chi connectivity index (χ1) is 15.0. The molecule has 0 radical (unpaired) electrons. The second-order valence-corrected chi connectivity index (χ2v) is 9.20. The standard InChI is InChI=1S/C22H18N4O3S2/c27-21(26-22-25-20(15-30-22)18-9-5-11-23-14-18)17-8-4-10-19(12-17)31(28,29)24-13-16-6-2-1-3-7-16/h1-12,14-15,24H,13H2,(H,25,26,27). The number of sulfonamides is 1. The third-order valence-corrected chi connectivity index (χ3v) is 6.55. The fourth-order valence-corrected chi connectivity index (χ4v) is 4.59. The summed E-state index contributed by atoms with van der Waals surface area (Å²) >= 11 is 1.28. The minimum atomic E-state index is -3.77. The maximum atomic E-state index is 12.6. The average Bonchev–Trinajstić information content (AvgIpc) is 3.28. The van der Waals surface area contributed by atoms with E-state index in [0.29, 0.717) is 10.8 Å². The predicted molar refractivity (Wildman–Crippen MR) is 120 cm³/mol. The van der Waals surface area contributed by atoms with Crippen LogP contribution in [0.25, 0.3) is 11.3 Å². The molecule has 4 rings (SSSR count). The van der Waals surface area contributed by atoms with E-state index < -0.39 is 15.9 Å². The second-order valence-electron chi connectivity index (χ2n) is 6.57. The van der Waals surface area contributed by atoms with Gasteiger partial charge in [-0.3, -0.25) is 15.1 Å². The maximum Gasteiger partial charge on any atom is 0.257 e. The molecule has 0 aliphatic carbocycles. The quantitative estimate of drug-likeness (QED) is 0.444. The molecule has 2 aromatic carbocycles. The normalized spacial score (nSPS) is 11.2. The van der Waals surface area contributed by atoms with Crippen molar-refractivity contribution in [3.63, 3.8) is 0 Å². The molecule has 7 nitrogen and oxygen atoms in total. The van der Waals surface area contributed by atoms with Gasteiger partial charge in [0.1, 0.15) is 0 Å². The van der Waals surface area contributed by atoms with Crippen molar-refractivity contribution in [1.82, 2.24) is 14.7 Å². The van der Waals surface area contributed by atoms with Gasteiger partial charge in [-0.25, -0.2) is 18.1 Å².